The third kappa shape index (κ3) is 2.75. The molecule has 3 unspecified atom stereocenters. The fourth-order valence-corrected chi connectivity index (χ4v) is 3.38. The SMILES string of the molecule is Cc1cccc2c(CO)c(C3CC(O)CC(CO)O3)ccc12. The zero-order valence-corrected chi connectivity index (χ0v) is 12.7. The molecule has 4 heteroatoms. The van der Waals surface area contributed by atoms with Crippen LogP contribution in [-0.4, -0.2) is 34.1 Å². The molecule has 1 aliphatic heterocycles. The van der Waals surface area contributed by atoms with Crippen LogP contribution in [0.15, 0.2) is 30.3 Å². The van der Waals surface area contributed by atoms with Gasteiger partial charge in [-0.2, -0.15) is 0 Å². The predicted molar refractivity (Wildman–Crippen MR) is 84.5 cm³/mol. The Labute approximate surface area is 130 Å². The Kier molecular flexibility index (Phi) is 4.45. The number of fused-ring (bicyclic) bond motifs is 1. The second kappa shape index (κ2) is 6.34. The summed E-state index contributed by atoms with van der Waals surface area (Å²) in [5, 5.41) is 31.3. The molecule has 0 spiro atoms. The van der Waals surface area contributed by atoms with Crippen molar-refractivity contribution in [3.63, 3.8) is 0 Å². The molecule has 22 heavy (non-hydrogen) atoms. The van der Waals surface area contributed by atoms with Gasteiger partial charge in [-0.3, -0.25) is 0 Å². The van der Waals surface area contributed by atoms with Crippen LogP contribution >= 0.6 is 0 Å². The summed E-state index contributed by atoms with van der Waals surface area (Å²) in [6.45, 7) is 1.87. The lowest BCUT2D eigenvalue weighted by Crippen LogP contribution is -2.33. The quantitative estimate of drug-likeness (QED) is 0.813. The fourth-order valence-electron chi connectivity index (χ4n) is 3.38. The number of hydrogen-bond donors (Lipinski definition) is 3. The van der Waals surface area contributed by atoms with Gasteiger partial charge in [0.25, 0.3) is 0 Å². The molecule has 1 fully saturated rings. The highest BCUT2D eigenvalue weighted by Gasteiger charge is 2.30. The second-order valence-corrected chi connectivity index (χ2v) is 6.02. The molecular weight excluding hydrogens is 280 g/mol. The van der Waals surface area contributed by atoms with E-state index < -0.39 is 6.10 Å². The van der Waals surface area contributed by atoms with Crippen molar-refractivity contribution in [1.82, 2.24) is 0 Å². The Hall–Kier alpha value is -1.46. The van der Waals surface area contributed by atoms with Crippen molar-refractivity contribution in [2.24, 2.45) is 0 Å². The maximum atomic E-state index is 10.0. The van der Waals surface area contributed by atoms with E-state index >= 15 is 0 Å². The minimum absolute atomic E-state index is 0.0735. The summed E-state index contributed by atoms with van der Waals surface area (Å²) < 4.78 is 5.89. The summed E-state index contributed by atoms with van der Waals surface area (Å²) in [5.74, 6) is 0. The lowest BCUT2D eigenvalue weighted by molar-refractivity contribution is -0.114. The van der Waals surface area contributed by atoms with Crippen molar-refractivity contribution in [3.05, 3.63) is 47.0 Å². The number of rotatable bonds is 3. The molecule has 0 bridgehead atoms. The summed E-state index contributed by atoms with van der Waals surface area (Å²) in [6, 6.07) is 10.0. The van der Waals surface area contributed by atoms with Gasteiger partial charge in [-0.25, -0.2) is 0 Å². The van der Waals surface area contributed by atoms with E-state index in [4.69, 9.17) is 4.74 Å². The number of aryl methyl sites for hydroxylation is 1. The standard InChI is InChI=1S/C18H22O4/c1-11-3-2-4-15-14(11)5-6-16(17(15)10-20)18-8-12(21)7-13(9-19)22-18/h2-6,12-13,18-21H,7-10H2,1H3. The van der Waals surface area contributed by atoms with Crippen molar-refractivity contribution in [1.29, 1.82) is 0 Å². The van der Waals surface area contributed by atoms with Crippen LogP contribution < -0.4 is 0 Å². The molecule has 3 atom stereocenters. The van der Waals surface area contributed by atoms with Crippen molar-refractivity contribution >= 4 is 10.8 Å². The zero-order valence-electron chi connectivity index (χ0n) is 12.7. The van der Waals surface area contributed by atoms with Crippen LogP contribution in [-0.2, 0) is 11.3 Å². The van der Waals surface area contributed by atoms with Crippen molar-refractivity contribution in [2.45, 2.75) is 44.7 Å². The van der Waals surface area contributed by atoms with Crippen LogP contribution in [0.1, 0.15) is 35.6 Å². The normalized spacial score (nSPS) is 25.5. The maximum absolute atomic E-state index is 10.0. The van der Waals surface area contributed by atoms with E-state index in [1.54, 1.807) is 0 Å². The van der Waals surface area contributed by atoms with Gasteiger partial charge in [-0.05, 0) is 34.4 Å². The molecule has 0 aromatic heterocycles. The summed E-state index contributed by atoms with van der Waals surface area (Å²) in [7, 11) is 0. The Morgan fingerprint density at radius 1 is 1.09 bits per heavy atom. The van der Waals surface area contributed by atoms with E-state index in [9.17, 15) is 15.3 Å². The van der Waals surface area contributed by atoms with Gasteiger partial charge in [0.05, 0.1) is 31.5 Å². The average molecular weight is 302 g/mol. The number of hydrogen-bond acceptors (Lipinski definition) is 4. The summed E-state index contributed by atoms with van der Waals surface area (Å²) in [6.07, 6.45) is -0.202. The minimum Gasteiger partial charge on any atom is -0.394 e. The highest BCUT2D eigenvalue weighted by atomic mass is 16.5. The molecule has 3 rings (SSSR count). The van der Waals surface area contributed by atoms with Gasteiger partial charge in [0, 0.05) is 12.8 Å². The van der Waals surface area contributed by atoms with Crippen LogP contribution in [0.4, 0.5) is 0 Å². The van der Waals surface area contributed by atoms with Crippen LogP contribution in [0.3, 0.4) is 0 Å². The minimum atomic E-state index is -0.490. The lowest BCUT2D eigenvalue weighted by Gasteiger charge is -2.33. The van der Waals surface area contributed by atoms with Crippen LogP contribution in [0.2, 0.25) is 0 Å². The molecule has 4 nitrogen and oxygen atoms in total. The van der Waals surface area contributed by atoms with Gasteiger partial charge in [0.2, 0.25) is 0 Å². The first kappa shape index (κ1) is 15.4. The maximum Gasteiger partial charge on any atom is 0.0858 e. The summed E-state index contributed by atoms with van der Waals surface area (Å²) >= 11 is 0. The fraction of sp³-hybridized carbons (Fsp3) is 0.444. The second-order valence-electron chi connectivity index (χ2n) is 6.02. The first-order valence-electron chi connectivity index (χ1n) is 7.70. The van der Waals surface area contributed by atoms with Crippen LogP contribution in [0.5, 0.6) is 0 Å². The van der Waals surface area contributed by atoms with Crippen molar-refractivity contribution < 1.29 is 20.1 Å². The molecule has 1 heterocycles. The first-order chi connectivity index (χ1) is 10.6. The van der Waals surface area contributed by atoms with Gasteiger partial charge >= 0.3 is 0 Å². The van der Waals surface area contributed by atoms with E-state index in [1.165, 1.54) is 0 Å². The molecule has 1 aliphatic rings. The van der Waals surface area contributed by atoms with Gasteiger partial charge < -0.3 is 20.1 Å². The average Bonchev–Trinajstić information content (AvgIpc) is 2.53. The number of aliphatic hydroxyl groups excluding tert-OH is 3. The Morgan fingerprint density at radius 3 is 2.64 bits per heavy atom. The van der Waals surface area contributed by atoms with Gasteiger partial charge in [0.1, 0.15) is 0 Å². The third-order valence-corrected chi connectivity index (χ3v) is 4.51. The molecule has 2 aromatic carbocycles. The Bertz CT molecular complexity index is 667. The number of aliphatic hydroxyl groups is 3. The molecule has 2 aromatic rings. The van der Waals surface area contributed by atoms with Crippen LogP contribution in [0.25, 0.3) is 10.8 Å². The van der Waals surface area contributed by atoms with E-state index in [0.717, 1.165) is 27.5 Å². The monoisotopic (exact) mass is 302 g/mol. The smallest absolute Gasteiger partial charge is 0.0858 e. The zero-order chi connectivity index (χ0) is 15.7. The van der Waals surface area contributed by atoms with E-state index in [2.05, 4.69) is 0 Å². The predicted octanol–water partition coefficient (Wildman–Crippen LogP) is 2.21. The molecule has 1 saturated heterocycles. The first-order valence-corrected chi connectivity index (χ1v) is 7.70. The highest BCUT2D eigenvalue weighted by Crippen LogP contribution is 2.36. The Balaban J connectivity index is 2.07. The lowest BCUT2D eigenvalue weighted by atomic mass is 9.90. The van der Waals surface area contributed by atoms with Gasteiger partial charge in [-0.15, -0.1) is 0 Å². The molecule has 0 aliphatic carbocycles. The third-order valence-electron chi connectivity index (χ3n) is 4.51. The van der Waals surface area contributed by atoms with E-state index in [-0.39, 0.29) is 25.4 Å². The summed E-state index contributed by atoms with van der Waals surface area (Å²) in [4.78, 5) is 0. The van der Waals surface area contributed by atoms with Crippen molar-refractivity contribution in [2.75, 3.05) is 6.61 Å². The molecule has 0 amide bonds. The summed E-state index contributed by atoms with van der Waals surface area (Å²) in [5.41, 5.74) is 2.91. The number of benzene rings is 2. The van der Waals surface area contributed by atoms with E-state index in [0.29, 0.717) is 12.8 Å². The topological polar surface area (TPSA) is 69.9 Å². The molecule has 0 saturated carbocycles. The van der Waals surface area contributed by atoms with E-state index in [1.807, 2.05) is 37.3 Å². The largest absolute Gasteiger partial charge is 0.394 e. The molecule has 3 N–H and O–H groups in total. The van der Waals surface area contributed by atoms with Gasteiger partial charge in [-0.1, -0.05) is 30.3 Å². The van der Waals surface area contributed by atoms with Crippen LogP contribution in [0, 0.1) is 6.92 Å². The molecule has 0 radical (unpaired) electrons. The van der Waals surface area contributed by atoms with Gasteiger partial charge in [0.15, 0.2) is 0 Å². The molecule has 118 valence electrons. The van der Waals surface area contributed by atoms with Crippen molar-refractivity contribution in [3.8, 4) is 0 Å². The molecular formula is C18H22O4. The Morgan fingerprint density at radius 2 is 1.91 bits per heavy atom. The highest BCUT2D eigenvalue weighted by molar-refractivity contribution is 5.89. The number of ether oxygens (including phenoxy) is 1.